The van der Waals surface area contributed by atoms with Crippen LogP contribution in [0.1, 0.15) is 45.1 Å². The standard InChI is InChI=1S/C17H23NO3/c1-11-12(2)17(3,18-6-4-5-7-18)21-14-9-16-15(8-13(11)14)19-10-20-16/h8-9,11-12H,4-7,10H2,1-3H3/t11?,12-,17-/m0/s1. The second-order valence-electron chi connectivity index (χ2n) is 6.67. The summed E-state index contributed by atoms with van der Waals surface area (Å²) in [6, 6.07) is 4.11. The molecule has 3 aliphatic rings. The zero-order chi connectivity index (χ0) is 14.6. The highest BCUT2D eigenvalue weighted by Gasteiger charge is 2.47. The van der Waals surface area contributed by atoms with Crippen LogP contribution < -0.4 is 14.2 Å². The molecular weight excluding hydrogens is 266 g/mol. The molecule has 4 heteroatoms. The van der Waals surface area contributed by atoms with Gasteiger partial charge in [-0.15, -0.1) is 0 Å². The first-order valence-electron chi connectivity index (χ1n) is 7.97. The maximum absolute atomic E-state index is 6.50. The SMILES string of the molecule is CC1c2cc3c(cc2O[C@](C)(N2CCCC2)[C@H]1C)OCO3. The number of rotatable bonds is 1. The Labute approximate surface area is 126 Å². The van der Waals surface area contributed by atoms with Crippen LogP contribution in [0.3, 0.4) is 0 Å². The van der Waals surface area contributed by atoms with Gasteiger partial charge in [0.15, 0.2) is 17.2 Å². The molecule has 21 heavy (non-hydrogen) atoms. The number of hydrogen-bond acceptors (Lipinski definition) is 4. The molecule has 3 atom stereocenters. The second-order valence-corrected chi connectivity index (χ2v) is 6.67. The molecular formula is C17H23NO3. The van der Waals surface area contributed by atoms with Crippen molar-refractivity contribution >= 4 is 0 Å². The number of likely N-dealkylation sites (tertiary alicyclic amines) is 1. The summed E-state index contributed by atoms with van der Waals surface area (Å²) in [5, 5.41) is 0. The minimum absolute atomic E-state index is 0.226. The number of ether oxygens (including phenoxy) is 3. The van der Waals surface area contributed by atoms with Crippen LogP contribution in [0.15, 0.2) is 12.1 Å². The van der Waals surface area contributed by atoms with Crippen LogP contribution in [0.5, 0.6) is 17.2 Å². The van der Waals surface area contributed by atoms with Gasteiger partial charge in [0.2, 0.25) is 6.79 Å². The lowest BCUT2D eigenvalue weighted by molar-refractivity contribution is -0.116. The third kappa shape index (κ3) is 1.85. The molecule has 3 heterocycles. The van der Waals surface area contributed by atoms with E-state index in [-0.39, 0.29) is 5.72 Å². The summed E-state index contributed by atoms with van der Waals surface area (Å²) in [4.78, 5) is 2.50. The fraction of sp³-hybridized carbons (Fsp3) is 0.647. The van der Waals surface area contributed by atoms with Crippen LogP contribution in [-0.2, 0) is 0 Å². The Kier molecular flexibility index (Phi) is 2.86. The highest BCUT2D eigenvalue weighted by molar-refractivity contribution is 5.54. The Hall–Kier alpha value is -1.42. The van der Waals surface area contributed by atoms with Gasteiger partial charge in [-0.25, -0.2) is 0 Å². The van der Waals surface area contributed by atoms with Crippen LogP contribution >= 0.6 is 0 Å². The zero-order valence-electron chi connectivity index (χ0n) is 13.0. The van der Waals surface area contributed by atoms with Crippen molar-refractivity contribution in [3.63, 3.8) is 0 Å². The number of hydrogen-bond donors (Lipinski definition) is 0. The van der Waals surface area contributed by atoms with Crippen molar-refractivity contribution in [3.05, 3.63) is 17.7 Å². The van der Waals surface area contributed by atoms with E-state index in [4.69, 9.17) is 14.2 Å². The van der Waals surface area contributed by atoms with Gasteiger partial charge in [0.05, 0.1) is 0 Å². The quantitative estimate of drug-likeness (QED) is 0.793. The molecule has 1 unspecified atom stereocenters. The highest BCUT2D eigenvalue weighted by Crippen LogP contribution is 2.50. The van der Waals surface area contributed by atoms with Crippen molar-refractivity contribution in [2.24, 2.45) is 5.92 Å². The average Bonchev–Trinajstić information content (AvgIpc) is 3.14. The van der Waals surface area contributed by atoms with Gasteiger partial charge < -0.3 is 14.2 Å². The largest absolute Gasteiger partial charge is 0.472 e. The fourth-order valence-electron chi connectivity index (χ4n) is 3.95. The average molecular weight is 289 g/mol. The van der Waals surface area contributed by atoms with Crippen molar-refractivity contribution in [1.82, 2.24) is 4.90 Å². The maximum atomic E-state index is 6.50. The Bertz CT molecular complexity index is 567. The Morgan fingerprint density at radius 1 is 1.05 bits per heavy atom. The van der Waals surface area contributed by atoms with E-state index in [1.165, 1.54) is 18.4 Å². The van der Waals surface area contributed by atoms with E-state index in [0.29, 0.717) is 18.6 Å². The monoisotopic (exact) mass is 289 g/mol. The van der Waals surface area contributed by atoms with Crippen LogP contribution in [0, 0.1) is 5.92 Å². The highest BCUT2D eigenvalue weighted by atomic mass is 16.7. The zero-order valence-corrected chi connectivity index (χ0v) is 13.0. The number of benzene rings is 1. The molecule has 0 amide bonds. The summed E-state index contributed by atoms with van der Waals surface area (Å²) in [5.74, 6) is 3.48. The summed E-state index contributed by atoms with van der Waals surface area (Å²) in [7, 11) is 0. The van der Waals surface area contributed by atoms with Crippen LogP contribution in [0.4, 0.5) is 0 Å². The van der Waals surface area contributed by atoms with Gasteiger partial charge in [-0.1, -0.05) is 13.8 Å². The molecule has 1 aromatic carbocycles. The van der Waals surface area contributed by atoms with E-state index in [2.05, 4.69) is 31.7 Å². The predicted molar refractivity (Wildman–Crippen MR) is 80.0 cm³/mol. The Morgan fingerprint density at radius 3 is 2.43 bits per heavy atom. The Balaban J connectivity index is 1.76. The van der Waals surface area contributed by atoms with E-state index < -0.39 is 0 Å². The lowest BCUT2D eigenvalue weighted by Gasteiger charge is -2.49. The number of fused-ring (bicyclic) bond motifs is 2. The molecule has 1 saturated heterocycles. The molecule has 3 aliphatic heterocycles. The van der Waals surface area contributed by atoms with E-state index >= 15 is 0 Å². The molecule has 1 fully saturated rings. The molecule has 4 nitrogen and oxygen atoms in total. The summed E-state index contributed by atoms with van der Waals surface area (Å²) in [5.41, 5.74) is 1.01. The lowest BCUT2D eigenvalue weighted by atomic mass is 9.78. The van der Waals surface area contributed by atoms with Crippen molar-refractivity contribution in [3.8, 4) is 17.2 Å². The first-order valence-corrected chi connectivity index (χ1v) is 7.97. The van der Waals surface area contributed by atoms with Gasteiger partial charge in [-0.3, -0.25) is 4.90 Å². The topological polar surface area (TPSA) is 30.9 Å². The lowest BCUT2D eigenvalue weighted by Crippen LogP contribution is -2.57. The second kappa shape index (κ2) is 4.54. The molecule has 0 aromatic heterocycles. The van der Waals surface area contributed by atoms with E-state index in [1.807, 2.05) is 6.07 Å². The van der Waals surface area contributed by atoms with E-state index in [9.17, 15) is 0 Å². The predicted octanol–water partition coefficient (Wildman–Crippen LogP) is 3.36. The van der Waals surface area contributed by atoms with Crippen molar-refractivity contribution in [2.45, 2.75) is 45.3 Å². The van der Waals surface area contributed by atoms with Crippen LogP contribution in [-0.4, -0.2) is 30.5 Å². The minimum Gasteiger partial charge on any atom is -0.472 e. The van der Waals surface area contributed by atoms with Gasteiger partial charge in [0.1, 0.15) is 5.75 Å². The fourth-order valence-corrected chi connectivity index (χ4v) is 3.95. The van der Waals surface area contributed by atoms with Crippen molar-refractivity contribution < 1.29 is 14.2 Å². The number of nitrogens with zero attached hydrogens (tertiary/aromatic N) is 1. The van der Waals surface area contributed by atoms with Crippen LogP contribution in [0.25, 0.3) is 0 Å². The van der Waals surface area contributed by atoms with E-state index in [1.54, 1.807) is 0 Å². The first-order chi connectivity index (χ1) is 10.1. The third-order valence-electron chi connectivity index (χ3n) is 5.64. The maximum Gasteiger partial charge on any atom is 0.231 e. The molecule has 0 N–H and O–H groups in total. The van der Waals surface area contributed by atoms with Crippen molar-refractivity contribution in [2.75, 3.05) is 19.9 Å². The van der Waals surface area contributed by atoms with Gasteiger partial charge >= 0.3 is 0 Å². The summed E-state index contributed by atoms with van der Waals surface area (Å²) in [6.45, 7) is 9.42. The van der Waals surface area contributed by atoms with Gasteiger partial charge in [0, 0.05) is 30.6 Å². The van der Waals surface area contributed by atoms with Gasteiger partial charge in [-0.2, -0.15) is 0 Å². The summed E-state index contributed by atoms with van der Waals surface area (Å²) < 4.78 is 17.5. The molecule has 1 aromatic rings. The Morgan fingerprint density at radius 2 is 1.71 bits per heavy atom. The molecule has 0 bridgehead atoms. The van der Waals surface area contributed by atoms with Gasteiger partial charge in [-0.05, 0) is 31.7 Å². The van der Waals surface area contributed by atoms with Gasteiger partial charge in [0.25, 0.3) is 0 Å². The molecule has 0 aliphatic carbocycles. The smallest absolute Gasteiger partial charge is 0.231 e. The van der Waals surface area contributed by atoms with E-state index in [0.717, 1.165) is 30.3 Å². The molecule has 4 rings (SSSR count). The summed E-state index contributed by atoms with van der Waals surface area (Å²) in [6.07, 6.45) is 2.54. The molecule has 0 spiro atoms. The minimum atomic E-state index is -0.226. The first kappa shape index (κ1) is 13.3. The summed E-state index contributed by atoms with van der Waals surface area (Å²) >= 11 is 0. The molecule has 0 saturated carbocycles. The third-order valence-corrected chi connectivity index (χ3v) is 5.64. The molecule has 114 valence electrons. The van der Waals surface area contributed by atoms with Crippen LogP contribution in [0.2, 0.25) is 0 Å². The molecule has 0 radical (unpaired) electrons. The van der Waals surface area contributed by atoms with Crippen molar-refractivity contribution in [1.29, 1.82) is 0 Å². The normalized spacial score (nSPS) is 34.6.